The zero-order chi connectivity index (χ0) is 17.4. The molecule has 0 amide bonds. The van der Waals surface area contributed by atoms with Gasteiger partial charge in [-0.05, 0) is 37.0 Å². The van der Waals surface area contributed by atoms with Gasteiger partial charge in [-0.1, -0.05) is 26.0 Å². The summed E-state index contributed by atoms with van der Waals surface area (Å²) in [6.07, 6.45) is 1.05. The van der Waals surface area contributed by atoms with Crippen molar-refractivity contribution in [1.82, 2.24) is 10.6 Å². The number of methoxy groups -OCH3 is 1. The van der Waals surface area contributed by atoms with E-state index in [4.69, 9.17) is 14.5 Å². The van der Waals surface area contributed by atoms with Gasteiger partial charge in [0.25, 0.3) is 0 Å². The van der Waals surface area contributed by atoms with E-state index in [0.29, 0.717) is 5.92 Å². The lowest BCUT2D eigenvalue weighted by atomic mass is 9.89. The Kier molecular flexibility index (Phi) is 9.56. The average Bonchev–Trinajstić information content (AvgIpc) is 2.58. The quantitative estimate of drug-likeness (QED) is 0.354. The largest absolute Gasteiger partial charge is 0.497 e. The van der Waals surface area contributed by atoms with Crippen LogP contribution < -0.4 is 15.4 Å². The molecule has 2 N–H and O–H groups in total. The minimum Gasteiger partial charge on any atom is -0.497 e. The van der Waals surface area contributed by atoms with Crippen LogP contribution in [0.4, 0.5) is 0 Å². The number of hydrogen-bond donors (Lipinski definition) is 2. The molecule has 0 spiro atoms. The van der Waals surface area contributed by atoms with E-state index in [1.807, 2.05) is 12.1 Å². The van der Waals surface area contributed by atoms with Crippen molar-refractivity contribution < 1.29 is 9.47 Å². The van der Waals surface area contributed by atoms with Crippen molar-refractivity contribution >= 4 is 29.9 Å². The van der Waals surface area contributed by atoms with Gasteiger partial charge in [0, 0.05) is 18.5 Å². The highest BCUT2D eigenvalue weighted by Gasteiger charge is 2.33. The number of guanidine groups is 1. The molecule has 1 fully saturated rings. The fraction of sp³-hybridized carbons (Fsp3) is 0.632. The third kappa shape index (κ3) is 7.01. The summed E-state index contributed by atoms with van der Waals surface area (Å²) in [5.41, 5.74) is 1.54. The molecule has 25 heavy (non-hydrogen) atoms. The lowest BCUT2D eigenvalue weighted by Gasteiger charge is -2.36. The van der Waals surface area contributed by atoms with Crippen LogP contribution in [0.1, 0.15) is 38.7 Å². The van der Waals surface area contributed by atoms with E-state index in [1.165, 1.54) is 5.56 Å². The molecule has 0 aliphatic carbocycles. The monoisotopic (exact) mass is 461 g/mol. The van der Waals surface area contributed by atoms with Crippen LogP contribution in [-0.4, -0.2) is 45.9 Å². The molecule has 0 bridgehead atoms. The molecule has 1 heterocycles. The minimum absolute atomic E-state index is 0. The van der Waals surface area contributed by atoms with Gasteiger partial charge >= 0.3 is 0 Å². The van der Waals surface area contributed by atoms with E-state index < -0.39 is 0 Å². The molecule has 142 valence electrons. The van der Waals surface area contributed by atoms with Crippen molar-refractivity contribution in [3.8, 4) is 5.75 Å². The van der Waals surface area contributed by atoms with Gasteiger partial charge in [-0.15, -0.1) is 24.0 Å². The molecule has 0 radical (unpaired) electrons. The summed E-state index contributed by atoms with van der Waals surface area (Å²) in [5.74, 6) is 2.29. The third-order valence-corrected chi connectivity index (χ3v) is 4.42. The summed E-state index contributed by atoms with van der Waals surface area (Å²) in [7, 11) is 1.69. The number of rotatable bonds is 8. The Balaban J connectivity index is 0.00000312. The maximum Gasteiger partial charge on any atom is 0.191 e. The SMILES string of the molecule is CCNC(=NCC1(C)COC1)NCCC(C)c1ccc(OC)cc1.I. The van der Waals surface area contributed by atoms with E-state index >= 15 is 0 Å². The zero-order valence-electron chi connectivity index (χ0n) is 15.8. The van der Waals surface area contributed by atoms with E-state index in [2.05, 4.69) is 43.5 Å². The zero-order valence-corrected chi connectivity index (χ0v) is 18.1. The smallest absolute Gasteiger partial charge is 0.191 e. The first-order chi connectivity index (χ1) is 11.6. The van der Waals surface area contributed by atoms with Gasteiger partial charge in [-0.25, -0.2) is 0 Å². The van der Waals surface area contributed by atoms with Crippen LogP contribution >= 0.6 is 24.0 Å². The molecule has 6 heteroatoms. The van der Waals surface area contributed by atoms with Crippen LogP contribution in [0.5, 0.6) is 5.75 Å². The number of halogens is 1. The summed E-state index contributed by atoms with van der Waals surface area (Å²) in [5, 5.41) is 6.75. The highest BCUT2D eigenvalue weighted by Crippen LogP contribution is 2.26. The van der Waals surface area contributed by atoms with Crippen molar-refractivity contribution in [2.75, 3.05) is 40.0 Å². The van der Waals surface area contributed by atoms with Gasteiger partial charge in [-0.2, -0.15) is 0 Å². The molecule has 1 aliphatic rings. The number of benzene rings is 1. The summed E-state index contributed by atoms with van der Waals surface area (Å²) in [6.45, 7) is 10.7. The molecule has 1 saturated heterocycles. The van der Waals surface area contributed by atoms with Gasteiger partial charge < -0.3 is 20.1 Å². The van der Waals surface area contributed by atoms with E-state index in [-0.39, 0.29) is 29.4 Å². The van der Waals surface area contributed by atoms with Crippen LogP contribution in [-0.2, 0) is 4.74 Å². The fourth-order valence-corrected chi connectivity index (χ4v) is 2.66. The van der Waals surface area contributed by atoms with Crippen molar-refractivity contribution in [2.45, 2.75) is 33.1 Å². The van der Waals surface area contributed by atoms with Crippen molar-refractivity contribution in [3.63, 3.8) is 0 Å². The third-order valence-electron chi connectivity index (χ3n) is 4.42. The topological polar surface area (TPSA) is 54.9 Å². The number of nitrogens with one attached hydrogen (secondary N) is 2. The Morgan fingerprint density at radius 2 is 1.96 bits per heavy atom. The van der Waals surface area contributed by atoms with Gasteiger partial charge in [0.05, 0.1) is 26.9 Å². The van der Waals surface area contributed by atoms with Crippen molar-refractivity contribution in [2.24, 2.45) is 10.4 Å². The van der Waals surface area contributed by atoms with Gasteiger partial charge in [0.2, 0.25) is 0 Å². The second kappa shape index (κ2) is 10.9. The Bertz CT molecular complexity index is 530. The first-order valence-corrected chi connectivity index (χ1v) is 8.80. The van der Waals surface area contributed by atoms with Crippen molar-refractivity contribution in [1.29, 1.82) is 0 Å². The Hall–Kier alpha value is -1.02. The summed E-state index contributed by atoms with van der Waals surface area (Å²) < 4.78 is 10.5. The molecule has 2 rings (SSSR count). The average molecular weight is 461 g/mol. The minimum atomic E-state index is 0. The highest BCUT2D eigenvalue weighted by molar-refractivity contribution is 14.0. The lowest BCUT2D eigenvalue weighted by Crippen LogP contribution is -2.44. The Morgan fingerprint density at radius 3 is 2.48 bits per heavy atom. The van der Waals surface area contributed by atoms with E-state index in [0.717, 1.165) is 51.0 Å². The summed E-state index contributed by atoms with van der Waals surface area (Å²) in [4.78, 5) is 4.70. The first-order valence-electron chi connectivity index (χ1n) is 8.80. The molecule has 1 aliphatic heterocycles. The van der Waals surface area contributed by atoms with Crippen LogP contribution in [0.15, 0.2) is 29.3 Å². The predicted octanol–water partition coefficient (Wildman–Crippen LogP) is 3.40. The number of nitrogens with zero attached hydrogens (tertiary/aromatic N) is 1. The van der Waals surface area contributed by atoms with Gasteiger partial charge in [0.15, 0.2) is 5.96 Å². The molecule has 1 aromatic carbocycles. The first kappa shape index (κ1) is 22.0. The van der Waals surface area contributed by atoms with Crippen LogP contribution in [0.25, 0.3) is 0 Å². The summed E-state index contributed by atoms with van der Waals surface area (Å²) in [6, 6.07) is 8.32. The van der Waals surface area contributed by atoms with Gasteiger partial charge in [0.1, 0.15) is 5.75 Å². The lowest BCUT2D eigenvalue weighted by molar-refractivity contribution is -0.0945. The second-order valence-corrected chi connectivity index (χ2v) is 6.89. The van der Waals surface area contributed by atoms with E-state index in [9.17, 15) is 0 Å². The summed E-state index contributed by atoms with van der Waals surface area (Å²) >= 11 is 0. The van der Waals surface area contributed by atoms with Crippen LogP contribution in [0.3, 0.4) is 0 Å². The second-order valence-electron chi connectivity index (χ2n) is 6.89. The highest BCUT2D eigenvalue weighted by atomic mass is 127. The van der Waals surface area contributed by atoms with Gasteiger partial charge in [-0.3, -0.25) is 4.99 Å². The van der Waals surface area contributed by atoms with Crippen LogP contribution in [0, 0.1) is 5.41 Å². The van der Waals surface area contributed by atoms with Crippen molar-refractivity contribution in [3.05, 3.63) is 29.8 Å². The molecule has 5 nitrogen and oxygen atoms in total. The fourth-order valence-electron chi connectivity index (χ4n) is 2.66. The number of ether oxygens (including phenoxy) is 2. The number of aliphatic imine (C=N–C) groups is 1. The normalized spacial score (nSPS) is 17.0. The molecule has 1 atom stereocenters. The molecule has 0 saturated carbocycles. The molecule has 1 aromatic rings. The number of hydrogen-bond acceptors (Lipinski definition) is 3. The molecular weight excluding hydrogens is 429 g/mol. The van der Waals surface area contributed by atoms with E-state index in [1.54, 1.807) is 7.11 Å². The van der Waals surface area contributed by atoms with Crippen LogP contribution in [0.2, 0.25) is 0 Å². The predicted molar refractivity (Wildman–Crippen MR) is 114 cm³/mol. The molecular formula is C19H32IN3O2. The molecule has 1 unspecified atom stereocenters. The molecule has 0 aromatic heterocycles. The maximum absolute atomic E-state index is 5.29. The maximum atomic E-state index is 5.29. The standard InChI is InChI=1S/C19H31N3O2.HI/c1-5-20-18(22-12-19(3)13-24-14-19)21-11-10-15(2)16-6-8-17(23-4)9-7-16;/h6-9,15H,5,10-14H2,1-4H3,(H2,20,21,22);1H. The Labute approximate surface area is 169 Å². The Morgan fingerprint density at radius 1 is 1.28 bits per heavy atom.